The molecule has 0 rings (SSSR count). The standard InChI is InChI=1S/C12H27N2S4.C9H19N3O3.C9H21NOS4.C2H6.CH2O.Y/c1-3-15-17-11-5-8-14(10-7-13)9-6-12-18-16-4-2;1-11-8(2-4-10)9(15)12-7(6-14)3-5-13;1-13-15-9-3-5-10(6-7-11)4-2-8-14-12;2*1-2;/h13H,3-12H2,1-2H3;6-8,11,13H,2-5,10H2,1H3,(H,12,15);11-12H,2-9H2,1H3;1-2H3;1H2;/q-1;;;;;. The van der Waals surface area contributed by atoms with E-state index in [1.807, 2.05) is 85.4 Å². The first-order valence-electron chi connectivity index (χ1n) is 18.0. The smallest absolute Gasteiger partial charge is 0.237 e. The van der Waals surface area contributed by atoms with Gasteiger partial charge in [-0.1, -0.05) is 103 Å². The van der Waals surface area contributed by atoms with Crippen LogP contribution in [0.15, 0.2) is 0 Å². The van der Waals surface area contributed by atoms with Crippen LogP contribution in [0.25, 0.3) is 5.73 Å². The fourth-order valence-electron chi connectivity index (χ4n) is 3.90. The summed E-state index contributed by atoms with van der Waals surface area (Å²) in [7, 11) is 14.9. The molecule has 0 heterocycles. The minimum atomic E-state index is -0.629. The predicted molar refractivity (Wildman–Crippen MR) is 251 cm³/mol. The Labute approximate surface area is 383 Å². The molecule has 1 amide bonds. The number of thiol groups is 1. The van der Waals surface area contributed by atoms with E-state index in [1.165, 1.54) is 61.1 Å². The number of aldehydes is 1. The van der Waals surface area contributed by atoms with Crippen molar-refractivity contribution in [2.45, 2.75) is 78.3 Å². The van der Waals surface area contributed by atoms with Crippen LogP contribution in [-0.4, -0.2) is 164 Å². The molecule has 0 bridgehead atoms. The third-order valence-electron chi connectivity index (χ3n) is 6.23. The number of nitrogens with one attached hydrogen (secondary N) is 3. The summed E-state index contributed by atoms with van der Waals surface area (Å²) >= 11 is 4.12. The molecule has 0 aromatic rings. The molecule has 2 atom stereocenters. The van der Waals surface area contributed by atoms with Crippen molar-refractivity contribution in [3.63, 3.8) is 0 Å². The molecular weight excluding hydrogens is 906 g/mol. The molecule has 0 aliphatic carbocycles. The normalized spacial score (nSPS) is 11.3. The van der Waals surface area contributed by atoms with Crippen molar-refractivity contribution >= 4 is 106 Å². The molecule has 0 aromatic carbocycles. The number of hydrogen-bond acceptors (Lipinski definition) is 17. The van der Waals surface area contributed by atoms with E-state index in [-0.39, 0.29) is 58.3 Å². The molecule has 0 aliphatic heterocycles. The quantitative estimate of drug-likeness (QED) is 0.0185. The van der Waals surface area contributed by atoms with Crippen LogP contribution in [0.2, 0.25) is 0 Å². The van der Waals surface area contributed by atoms with Crippen LogP contribution in [0.4, 0.5) is 0 Å². The molecule has 1 radical (unpaired) electrons. The number of likely N-dealkylation sites (N-methyl/N-ethyl adjacent to an activating group) is 1. The number of aliphatic hydroxyl groups is 2. The summed E-state index contributed by atoms with van der Waals surface area (Å²) < 4.78 is 0. The van der Waals surface area contributed by atoms with Gasteiger partial charge in [0.05, 0.1) is 18.7 Å². The fourth-order valence-corrected chi connectivity index (χ4v) is 9.29. The molecule has 319 valence electrons. The minimum Gasteiger partial charge on any atom is -0.676 e. The van der Waals surface area contributed by atoms with Gasteiger partial charge in [-0.15, -0.1) is 18.2 Å². The Balaban J connectivity index is -0.000000148. The Hall–Kier alpha value is 2.43. The van der Waals surface area contributed by atoms with Gasteiger partial charge in [-0.25, -0.2) is 0 Å². The topological polar surface area (TPSA) is 172 Å². The number of aliphatic hydroxyl groups excluding tert-OH is 2. The third kappa shape index (κ3) is 56.6. The summed E-state index contributed by atoms with van der Waals surface area (Å²) in [6.07, 6.45) is 8.34. The van der Waals surface area contributed by atoms with Gasteiger partial charge in [0.1, 0.15) is 13.1 Å². The molecule has 0 saturated heterocycles. The summed E-state index contributed by atoms with van der Waals surface area (Å²) in [5, 5.41) is 22.9. The van der Waals surface area contributed by atoms with Crippen molar-refractivity contribution in [3.05, 3.63) is 5.73 Å². The van der Waals surface area contributed by atoms with Crippen LogP contribution in [0.5, 0.6) is 0 Å². The van der Waals surface area contributed by atoms with Crippen molar-refractivity contribution in [1.29, 1.82) is 0 Å². The Morgan fingerprint density at radius 3 is 1.66 bits per heavy atom. The largest absolute Gasteiger partial charge is 0.676 e. The van der Waals surface area contributed by atoms with Gasteiger partial charge < -0.3 is 51.7 Å². The molecule has 0 saturated carbocycles. The van der Waals surface area contributed by atoms with Crippen LogP contribution in [0, 0.1) is 0 Å². The van der Waals surface area contributed by atoms with Crippen LogP contribution >= 0.6 is 87.2 Å². The van der Waals surface area contributed by atoms with Gasteiger partial charge in [-0.2, -0.15) is 0 Å². The number of amides is 1. The minimum absolute atomic E-state index is 0. The zero-order valence-corrected chi connectivity index (χ0v) is 42.9. The number of carbonyl (C=O) groups excluding carboxylic acids is 3. The fraction of sp³-hybridized carbons (Fsp3) is 0.909. The molecule has 0 spiro atoms. The van der Waals surface area contributed by atoms with E-state index < -0.39 is 12.1 Å². The number of nitrogens with zero attached hydrogens (tertiary/aromatic N) is 2. The van der Waals surface area contributed by atoms with E-state index in [2.05, 4.69) is 52.2 Å². The van der Waals surface area contributed by atoms with Crippen molar-refractivity contribution < 1.29 is 57.3 Å². The molecule has 20 heteroatoms. The molecule has 0 fully saturated rings. The second-order valence-electron chi connectivity index (χ2n) is 10.0. The molecule has 0 aliphatic rings. The maximum atomic E-state index is 11.5. The molecule has 7 N–H and O–H groups in total. The Kier molecular flexibility index (Phi) is 80.7. The van der Waals surface area contributed by atoms with Crippen LogP contribution in [-0.2, 0) is 47.1 Å². The van der Waals surface area contributed by atoms with Crippen LogP contribution in [0.1, 0.15) is 66.2 Å². The maximum absolute atomic E-state index is 11.5. The molecular formula is C33H75N6O5S8Y-. The monoisotopic (exact) mass is 980 g/mol. The molecule has 11 nitrogen and oxygen atoms in total. The second kappa shape index (κ2) is 63.6. The molecule has 0 aromatic heterocycles. The zero-order chi connectivity index (χ0) is 40.5. The SMILES string of the molecule is C=O.CC.CCSSCCCN(CC[NH-])CCCSSCC.CNC(CCN)C(=O)NC(C=O)CCO.CSSCCCN(CCO)CCCSS.[Y]. The first kappa shape index (κ1) is 67.2. The zero-order valence-electron chi connectivity index (χ0n) is 33.5. The van der Waals surface area contributed by atoms with Crippen molar-refractivity contribution in [3.8, 4) is 0 Å². The van der Waals surface area contributed by atoms with E-state index >= 15 is 0 Å². The summed E-state index contributed by atoms with van der Waals surface area (Å²) in [5.74, 6) is 6.91. The van der Waals surface area contributed by atoms with Gasteiger partial charge in [-0.05, 0) is 91.1 Å². The molecule has 53 heavy (non-hydrogen) atoms. The van der Waals surface area contributed by atoms with E-state index in [1.54, 1.807) is 17.8 Å². The third-order valence-corrected chi connectivity index (χ3v) is 14.3. The van der Waals surface area contributed by atoms with Crippen molar-refractivity contribution in [2.75, 3.05) is 113 Å². The van der Waals surface area contributed by atoms with Crippen LogP contribution < -0.4 is 16.4 Å². The summed E-state index contributed by atoms with van der Waals surface area (Å²) in [4.78, 5) is 34.9. The Bertz CT molecular complexity index is 673. The number of hydrogen-bond donors (Lipinski definition) is 6. The predicted octanol–water partition coefficient (Wildman–Crippen LogP) is 6.40. The maximum Gasteiger partial charge on any atom is 0.237 e. The number of carbonyl (C=O) groups is 3. The van der Waals surface area contributed by atoms with Gasteiger partial charge >= 0.3 is 0 Å². The first-order chi connectivity index (χ1) is 25.4. The van der Waals surface area contributed by atoms with E-state index in [4.69, 9.17) is 26.5 Å². The van der Waals surface area contributed by atoms with Crippen molar-refractivity contribution in [1.82, 2.24) is 20.4 Å². The van der Waals surface area contributed by atoms with Crippen molar-refractivity contribution in [2.24, 2.45) is 5.73 Å². The number of rotatable bonds is 33. The molecule has 2 unspecified atom stereocenters. The summed E-state index contributed by atoms with van der Waals surface area (Å²) in [5.41, 5.74) is 12.7. The second-order valence-corrected chi connectivity index (χ2v) is 19.9. The van der Waals surface area contributed by atoms with Gasteiger partial charge in [0.15, 0.2) is 0 Å². The average molecular weight is 981 g/mol. The number of nitrogens with two attached hydrogens (primary N) is 1. The van der Waals surface area contributed by atoms with E-state index in [0.29, 0.717) is 25.8 Å². The van der Waals surface area contributed by atoms with Crippen LogP contribution in [0.3, 0.4) is 0 Å². The van der Waals surface area contributed by atoms with E-state index in [0.717, 1.165) is 38.4 Å². The Morgan fingerprint density at radius 2 is 1.30 bits per heavy atom. The average Bonchev–Trinajstić information content (AvgIpc) is 3.17. The summed E-state index contributed by atoms with van der Waals surface area (Å²) in [6.45, 7) is 17.7. The summed E-state index contributed by atoms with van der Waals surface area (Å²) in [6, 6.07) is -1.02. The van der Waals surface area contributed by atoms with Gasteiger partial charge in [0.25, 0.3) is 0 Å². The van der Waals surface area contributed by atoms with Gasteiger partial charge in [-0.3, -0.25) is 4.79 Å². The van der Waals surface area contributed by atoms with E-state index in [9.17, 15) is 9.59 Å². The first-order valence-corrected chi connectivity index (χ1v) is 27.8. The van der Waals surface area contributed by atoms with Gasteiger partial charge in [0.2, 0.25) is 5.91 Å². The Morgan fingerprint density at radius 1 is 0.830 bits per heavy atom. The van der Waals surface area contributed by atoms with Gasteiger partial charge in [0, 0.05) is 80.4 Å².